The van der Waals surface area contributed by atoms with E-state index in [2.05, 4.69) is 9.47 Å². The molecular weight excluding hydrogens is 254 g/mol. The number of hydrogen-bond acceptors (Lipinski definition) is 6. The van der Waals surface area contributed by atoms with Crippen molar-refractivity contribution in [2.24, 2.45) is 0 Å². The molecule has 0 radical (unpaired) electrons. The minimum Gasteiger partial charge on any atom is -0.468 e. The largest absolute Gasteiger partial charge is 0.468 e. The van der Waals surface area contributed by atoms with Crippen LogP contribution in [0.1, 0.15) is 20.3 Å². The lowest BCUT2D eigenvalue weighted by molar-refractivity contribution is -0.162. The molecule has 0 aromatic heterocycles. The van der Waals surface area contributed by atoms with Crippen molar-refractivity contribution in [3.63, 3.8) is 0 Å². The first-order valence-electron chi connectivity index (χ1n) is 5.82. The van der Waals surface area contributed by atoms with E-state index in [4.69, 9.17) is 4.74 Å². The van der Waals surface area contributed by atoms with Crippen molar-refractivity contribution in [2.75, 3.05) is 34.4 Å². The van der Waals surface area contributed by atoms with Crippen molar-refractivity contribution in [2.45, 2.75) is 25.9 Å². The molecule has 1 atom stereocenters. The second-order valence-electron chi connectivity index (χ2n) is 4.10. The number of esters is 2. The van der Waals surface area contributed by atoms with Crippen molar-refractivity contribution in [3.8, 4) is 0 Å². The molecule has 0 N–H and O–H groups in total. The Hall–Kier alpha value is -1.63. The summed E-state index contributed by atoms with van der Waals surface area (Å²) in [5.41, 5.74) is -1.10. The van der Waals surface area contributed by atoms with Crippen LogP contribution in [0.2, 0.25) is 0 Å². The van der Waals surface area contributed by atoms with Gasteiger partial charge in [0.05, 0.1) is 14.2 Å². The standard InChI is InChI=1S/C12H21NO6/c1-6-12(2,19-5)11(16)13(7-9(14)17-3)8-10(15)18-4/h6-8H2,1-5H3. The first kappa shape index (κ1) is 17.4. The maximum atomic E-state index is 12.3. The third-order valence-corrected chi connectivity index (χ3v) is 2.96. The van der Waals surface area contributed by atoms with Crippen LogP contribution in [0.15, 0.2) is 0 Å². The molecule has 0 rings (SSSR count). The summed E-state index contributed by atoms with van der Waals surface area (Å²) in [5.74, 6) is -1.70. The van der Waals surface area contributed by atoms with Crippen molar-refractivity contribution in [1.29, 1.82) is 0 Å². The van der Waals surface area contributed by atoms with Gasteiger partial charge in [-0.05, 0) is 13.3 Å². The molecular formula is C12H21NO6. The van der Waals surface area contributed by atoms with E-state index in [1.165, 1.54) is 21.3 Å². The molecule has 0 aliphatic rings. The van der Waals surface area contributed by atoms with Crippen LogP contribution in [0.25, 0.3) is 0 Å². The van der Waals surface area contributed by atoms with Gasteiger partial charge in [0.1, 0.15) is 18.7 Å². The van der Waals surface area contributed by atoms with E-state index in [1.54, 1.807) is 13.8 Å². The van der Waals surface area contributed by atoms with Crippen molar-refractivity contribution >= 4 is 17.8 Å². The zero-order valence-electron chi connectivity index (χ0n) is 12.0. The third-order valence-electron chi connectivity index (χ3n) is 2.96. The highest BCUT2D eigenvalue weighted by Crippen LogP contribution is 2.17. The lowest BCUT2D eigenvalue weighted by Crippen LogP contribution is -2.51. The molecule has 1 amide bonds. The molecule has 19 heavy (non-hydrogen) atoms. The molecule has 0 aromatic rings. The average Bonchev–Trinajstić information content (AvgIpc) is 2.44. The molecule has 110 valence electrons. The van der Waals surface area contributed by atoms with Crippen molar-refractivity contribution < 1.29 is 28.6 Å². The van der Waals surface area contributed by atoms with Crippen molar-refractivity contribution in [1.82, 2.24) is 4.90 Å². The van der Waals surface area contributed by atoms with E-state index in [1.807, 2.05) is 0 Å². The van der Waals surface area contributed by atoms with Crippen LogP contribution in [-0.2, 0) is 28.6 Å². The van der Waals surface area contributed by atoms with Gasteiger partial charge in [-0.1, -0.05) is 6.92 Å². The quantitative estimate of drug-likeness (QED) is 0.607. The predicted octanol–water partition coefficient (Wildman–Crippen LogP) is -0.0239. The van der Waals surface area contributed by atoms with Gasteiger partial charge in [0, 0.05) is 7.11 Å². The van der Waals surface area contributed by atoms with E-state index in [0.717, 1.165) is 4.90 Å². The summed E-state index contributed by atoms with van der Waals surface area (Å²) >= 11 is 0. The summed E-state index contributed by atoms with van der Waals surface area (Å²) in [6, 6.07) is 0. The monoisotopic (exact) mass is 275 g/mol. The number of rotatable bonds is 7. The summed E-state index contributed by atoms with van der Waals surface area (Å²) in [6.07, 6.45) is 0.404. The Morgan fingerprint density at radius 1 is 1.00 bits per heavy atom. The average molecular weight is 275 g/mol. The van der Waals surface area contributed by atoms with E-state index in [-0.39, 0.29) is 13.1 Å². The van der Waals surface area contributed by atoms with Gasteiger partial charge in [-0.3, -0.25) is 14.4 Å². The Morgan fingerprint density at radius 2 is 1.42 bits per heavy atom. The van der Waals surface area contributed by atoms with E-state index < -0.39 is 23.4 Å². The van der Waals surface area contributed by atoms with Gasteiger partial charge in [-0.2, -0.15) is 0 Å². The van der Waals surface area contributed by atoms with E-state index in [9.17, 15) is 14.4 Å². The summed E-state index contributed by atoms with van der Waals surface area (Å²) < 4.78 is 14.2. The molecule has 0 aromatic carbocycles. The van der Waals surface area contributed by atoms with Gasteiger partial charge in [0.15, 0.2) is 0 Å². The van der Waals surface area contributed by atoms with Gasteiger partial charge in [0.25, 0.3) is 5.91 Å². The highest BCUT2D eigenvalue weighted by atomic mass is 16.5. The van der Waals surface area contributed by atoms with Gasteiger partial charge in [0.2, 0.25) is 0 Å². The lowest BCUT2D eigenvalue weighted by Gasteiger charge is -2.31. The maximum absolute atomic E-state index is 12.3. The molecule has 7 nitrogen and oxygen atoms in total. The molecule has 0 aliphatic carbocycles. The number of carbonyl (C=O) groups excluding carboxylic acids is 3. The highest BCUT2D eigenvalue weighted by Gasteiger charge is 2.36. The van der Waals surface area contributed by atoms with Gasteiger partial charge < -0.3 is 19.1 Å². The predicted molar refractivity (Wildman–Crippen MR) is 66.3 cm³/mol. The minimum atomic E-state index is -1.10. The number of methoxy groups -OCH3 is 3. The third kappa shape index (κ3) is 4.86. The topological polar surface area (TPSA) is 82.1 Å². The smallest absolute Gasteiger partial charge is 0.325 e. The molecule has 0 bridgehead atoms. The van der Waals surface area contributed by atoms with E-state index >= 15 is 0 Å². The zero-order chi connectivity index (χ0) is 15.1. The second-order valence-corrected chi connectivity index (χ2v) is 4.10. The van der Waals surface area contributed by atoms with Gasteiger partial charge in [-0.25, -0.2) is 0 Å². The van der Waals surface area contributed by atoms with Crippen LogP contribution in [0.4, 0.5) is 0 Å². The first-order valence-corrected chi connectivity index (χ1v) is 5.82. The molecule has 0 saturated heterocycles. The normalized spacial score (nSPS) is 13.3. The second kappa shape index (κ2) is 7.73. The van der Waals surface area contributed by atoms with Crippen LogP contribution >= 0.6 is 0 Å². The van der Waals surface area contributed by atoms with Crippen LogP contribution < -0.4 is 0 Å². The molecule has 0 saturated carbocycles. The fourth-order valence-corrected chi connectivity index (χ4v) is 1.36. The fourth-order valence-electron chi connectivity index (χ4n) is 1.36. The van der Waals surface area contributed by atoms with Gasteiger partial charge in [-0.15, -0.1) is 0 Å². The summed E-state index contributed by atoms with van der Waals surface area (Å²) in [5, 5.41) is 0. The summed E-state index contributed by atoms with van der Waals surface area (Å²) in [6.45, 7) is 2.71. The summed E-state index contributed by atoms with van der Waals surface area (Å²) in [7, 11) is 3.81. The van der Waals surface area contributed by atoms with Crippen LogP contribution in [0, 0.1) is 0 Å². The Bertz CT molecular complexity index is 319. The Morgan fingerprint density at radius 3 is 1.68 bits per heavy atom. The molecule has 0 spiro atoms. The molecule has 7 heteroatoms. The number of carbonyl (C=O) groups is 3. The number of nitrogens with zero attached hydrogens (tertiary/aromatic N) is 1. The number of ether oxygens (including phenoxy) is 3. The number of amides is 1. The zero-order valence-corrected chi connectivity index (χ0v) is 12.0. The van der Waals surface area contributed by atoms with Crippen molar-refractivity contribution in [3.05, 3.63) is 0 Å². The Kier molecular flexibility index (Phi) is 7.06. The fraction of sp³-hybridized carbons (Fsp3) is 0.750. The van der Waals surface area contributed by atoms with Crippen LogP contribution in [0.3, 0.4) is 0 Å². The first-order chi connectivity index (χ1) is 8.84. The molecule has 0 aliphatic heterocycles. The SMILES string of the molecule is CCC(C)(OC)C(=O)N(CC(=O)OC)CC(=O)OC. The number of hydrogen-bond donors (Lipinski definition) is 0. The Labute approximate surface area is 112 Å². The molecule has 1 unspecified atom stereocenters. The lowest BCUT2D eigenvalue weighted by atomic mass is 10.0. The molecule has 0 fully saturated rings. The van der Waals surface area contributed by atoms with Crippen LogP contribution in [0.5, 0.6) is 0 Å². The summed E-state index contributed by atoms with van der Waals surface area (Å²) in [4.78, 5) is 36.0. The maximum Gasteiger partial charge on any atom is 0.325 e. The van der Waals surface area contributed by atoms with E-state index in [0.29, 0.717) is 6.42 Å². The molecule has 0 heterocycles. The minimum absolute atomic E-state index is 0.330. The van der Waals surface area contributed by atoms with Gasteiger partial charge >= 0.3 is 11.9 Å². The van der Waals surface area contributed by atoms with Crippen LogP contribution in [-0.4, -0.2) is 62.8 Å². The Balaban J connectivity index is 5.05. The highest BCUT2D eigenvalue weighted by molar-refractivity contribution is 5.90.